The quantitative estimate of drug-likeness (QED) is 0.739. The molecule has 0 saturated carbocycles. The molecule has 0 heterocycles. The molecule has 2 aromatic carbocycles. The normalized spacial score (nSPS) is 11.2. The van der Waals surface area contributed by atoms with Gasteiger partial charge >= 0.3 is 0 Å². The van der Waals surface area contributed by atoms with Gasteiger partial charge in [0.15, 0.2) is 0 Å². The molecule has 2 rings (SSSR count). The molecule has 0 fully saturated rings. The Hall–Kier alpha value is -2.40. The molecule has 0 amide bonds. The topological polar surface area (TPSA) is 36.1 Å². The average Bonchev–Trinajstić information content (AvgIpc) is 2.49. The van der Waals surface area contributed by atoms with Gasteiger partial charge in [0.1, 0.15) is 0 Å². The molecule has 0 aliphatic heterocycles. The average molecular weight is 262 g/mol. The summed E-state index contributed by atoms with van der Waals surface area (Å²) in [6.45, 7) is 4.19. The highest BCUT2D eigenvalue weighted by Crippen LogP contribution is 2.15. The molecule has 0 aliphatic carbocycles. The van der Waals surface area contributed by atoms with E-state index in [1.807, 2.05) is 19.1 Å². The van der Waals surface area contributed by atoms with Gasteiger partial charge in [-0.05, 0) is 48.7 Å². The summed E-state index contributed by atoms with van der Waals surface area (Å²) in [6, 6.07) is 18.0. The minimum atomic E-state index is 0.658. The first kappa shape index (κ1) is 14.0. The van der Waals surface area contributed by atoms with Crippen LogP contribution in [0.5, 0.6) is 0 Å². The third-order valence-electron chi connectivity index (χ3n) is 3.20. The van der Waals surface area contributed by atoms with Crippen molar-refractivity contribution < 1.29 is 0 Å². The van der Waals surface area contributed by atoms with Gasteiger partial charge in [-0.2, -0.15) is 5.26 Å². The second-order valence-electron chi connectivity index (χ2n) is 4.80. The van der Waals surface area contributed by atoms with Crippen molar-refractivity contribution in [2.24, 2.45) is 4.99 Å². The molecule has 0 aromatic heterocycles. The Morgan fingerprint density at radius 3 is 2.25 bits per heavy atom. The number of benzene rings is 2. The summed E-state index contributed by atoms with van der Waals surface area (Å²) in [5.74, 6) is 0. The lowest BCUT2D eigenvalue weighted by Gasteiger charge is -2.03. The van der Waals surface area contributed by atoms with E-state index in [0.29, 0.717) is 5.56 Å². The maximum atomic E-state index is 8.77. The van der Waals surface area contributed by atoms with Crippen LogP contribution in [0.25, 0.3) is 0 Å². The van der Waals surface area contributed by atoms with Crippen LogP contribution >= 0.6 is 0 Å². The van der Waals surface area contributed by atoms with Gasteiger partial charge in [-0.3, -0.25) is 4.99 Å². The van der Waals surface area contributed by atoms with Gasteiger partial charge in [0.2, 0.25) is 0 Å². The summed E-state index contributed by atoms with van der Waals surface area (Å²) < 4.78 is 0. The standard InChI is InChI=1S/C18H18N2/c1-3-4-15-5-9-17(10-6-15)14(2)20-18-11-7-16(13-19)8-12-18/h5-12H,3-4H2,1-2H3. The molecule has 20 heavy (non-hydrogen) atoms. The van der Waals surface area contributed by atoms with Crippen LogP contribution in [-0.2, 0) is 6.42 Å². The molecule has 2 aromatic rings. The van der Waals surface area contributed by atoms with E-state index < -0.39 is 0 Å². The lowest BCUT2D eigenvalue weighted by atomic mass is 10.1. The molecule has 2 nitrogen and oxygen atoms in total. The highest BCUT2D eigenvalue weighted by Gasteiger charge is 1.99. The summed E-state index contributed by atoms with van der Waals surface area (Å²) in [4.78, 5) is 4.59. The first-order valence-corrected chi connectivity index (χ1v) is 6.87. The van der Waals surface area contributed by atoms with Gasteiger partial charge in [0, 0.05) is 5.71 Å². The van der Waals surface area contributed by atoms with Crippen molar-refractivity contribution in [1.82, 2.24) is 0 Å². The molecular weight excluding hydrogens is 244 g/mol. The zero-order valence-corrected chi connectivity index (χ0v) is 11.9. The molecule has 0 saturated heterocycles. The Bertz CT molecular complexity index is 629. The predicted octanol–water partition coefficient (Wildman–Crippen LogP) is 4.65. The van der Waals surface area contributed by atoms with Crippen molar-refractivity contribution >= 4 is 11.4 Å². The molecule has 0 aliphatic rings. The Morgan fingerprint density at radius 2 is 1.70 bits per heavy atom. The Labute approximate surface area is 120 Å². The van der Waals surface area contributed by atoms with Crippen LogP contribution in [0.4, 0.5) is 5.69 Å². The van der Waals surface area contributed by atoms with Crippen molar-refractivity contribution in [3.63, 3.8) is 0 Å². The molecule has 0 bridgehead atoms. The molecule has 0 N–H and O–H groups in total. The van der Waals surface area contributed by atoms with Gasteiger partial charge in [0.05, 0.1) is 17.3 Å². The predicted molar refractivity (Wildman–Crippen MR) is 83.5 cm³/mol. The number of nitriles is 1. The number of hydrogen-bond donors (Lipinski definition) is 0. The zero-order valence-electron chi connectivity index (χ0n) is 11.9. The van der Waals surface area contributed by atoms with Crippen molar-refractivity contribution in [2.45, 2.75) is 26.7 Å². The number of nitrogens with zero attached hydrogens (tertiary/aromatic N) is 2. The summed E-state index contributed by atoms with van der Waals surface area (Å²) in [6.07, 6.45) is 2.28. The van der Waals surface area contributed by atoms with E-state index >= 15 is 0 Å². The second-order valence-corrected chi connectivity index (χ2v) is 4.80. The van der Waals surface area contributed by atoms with E-state index in [1.165, 1.54) is 5.56 Å². The van der Waals surface area contributed by atoms with Gasteiger partial charge in [0.25, 0.3) is 0 Å². The maximum absolute atomic E-state index is 8.77. The van der Waals surface area contributed by atoms with Crippen molar-refractivity contribution in [3.8, 4) is 6.07 Å². The Morgan fingerprint density at radius 1 is 1.05 bits per heavy atom. The van der Waals surface area contributed by atoms with E-state index in [1.54, 1.807) is 12.1 Å². The summed E-state index contributed by atoms with van der Waals surface area (Å²) in [7, 11) is 0. The Kier molecular flexibility index (Phi) is 4.68. The molecule has 0 unspecified atom stereocenters. The van der Waals surface area contributed by atoms with E-state index in [-0.39, 0.29) is 0 Å². The summed E-state index contributed by atoms with van der Waals surface area (Å²) >= 11 is 0. The first-order valence-electron chi connectivity index (χ1n) is 6.87. The molecule has 0 radical (unpaired) electrons. The van der Waals surface area contributed by atoms with Crippen LogP contribution in [-0.4, -0.2) is 5.71 Å². The van der Waals surface area contributed by atoms with Crippen LogP contribution in [0.2, 0.25) is 0 Å². The molecule has 100 valence electrons. The third kappa shape index (κ3) is 3.55. The number of hydrogen-bond acceptors (Lipinski definition) is 2. The minimum absolute atomic E-state index is 0.658. The highest BCUT2D eigenvalue weighted by molar-refractivity contribution is 6.00. The number of rotatable bonds is 4. The van der Waals surface area contributed by atoms with Crippen molar-refractivity contribution in [2.75, 3.05) is 0 Å². The van der Waals surface area contributed by atoms with Crippen molar-refractivity contribution in [1.29, 1.82) is 5.26 Å². The SMILES string of the molecule is CCCc1ccc(C(C)=Nc2ccc(C#N)cc2)cc1. The van der Waals surface area contributed by atoms with Crippen LogP contribution in [0.3, 0.4) is 0 Å². The van der Waals surface area contributed by atoms with E-state index in [4.69, 9.17) is 5.26 Å². The summed E-state index contributed by atoms with van der Waals surface area (Å²) in [5, 5.41) is 8.77. The van der Waals surface area contributed by atoms with Crippen LogP contribution in [0, 0.1) is 11.3 Å². The highest BCUT2D eigenvalue weighted by atomic mass is 14.7. The smallest absolute Gasteiger partial charge is 0.0991 e. The van der Waals surface area contributed by atoms with Crippen LogP contribution < -0.4 is 0 Å². The monoisotopic (exact) mass is 262 g/mol. The zero-order chi connectivity index (χ0) is 14.4. The van der Waals surface area contributed by atoms with Crippen LogP contribution in [0.15, 0.2) is 53.5 Å². The first-order chi connectivity index (χ1) is 9.72. The Balaban J connectivity index is 2.18. The van der Waals surface area contributed by atoms with E-state index in [2.05, 4.69) is 42.3 Å². The fourth-order valence-electron chi connectivity index (χ4n) is 2.07. The molecule has 0 spiro atoms. The number of aliphatic imine (C=N–C) groups is 1. The molecule has 2 heteroatoms. The van der Waals surface area contributed by atoms with Gasteiger partial charge in [-0.15, -0.1) is 0 Å². The van der Waals surface area contributed by atoms with Gasteiger partial charge in [-0.1, -0.05) is 37.6 Å². The molecule has 0 atom stereocenters. The fourth-order valence-corrected chi connectivity index (χ4v) is 2.07. The third-order valence-corrected chi connectivity index (χ3v) is 3.20. The van der Waals surface area contributed by atoms with E-state index in [0.717, 1.165) is 29.8 Å². The van der Waals surface area contributed by atoms with E-state index in [9.17, 15) is 0 Å². The van der Waals surface area contributed by atoms with Gasteiger partial charge < -0.3 is 0 Å². The van der Waals surface area contributed by atoms with Crippen molar-refractivity contribution in [3.05, 3.63) is 65.2 Å². The fraction of sp³-hybridized carbons (Fsp3) is 0.222. The molecular formula is C18H18N2. The van der Waals surface area contributed by atoms with Crippen LogP contribution in [0.1, 0.15) is 37.0 Å². The summed E-state index contributed by atoms with van der Waals surface area (Å²) in [5.41, 5.74) is 5.01. The van der Waals surface area contributed by atoms with Gasteiger partial charge in [-0.25, -0.2) is 0 Å². The number of aryl methyl sites for hydroxylation is 1. The lowest BCUT2D eigenvalue weighted by molar-refractivity contribution is 0.922. The maximum Gasteiger partial charge on any atom is 0.0991 e. The minimum Gasteiger partial charge on any atom is -0.253 e. The second kappa shape index (κ2) is 6.68. The largest absolute Gasteiger partial charge is 0.253 e. The lowest BCUT2D eigenvalue weighted by Crippen LogP contribution is -1.94.